The molecule has 1 aromatic carbocycles. The lowest BCUT2D eigenvalue weighted by Crippen LogP contribution is -2.50. The van der Waals surface area contributed by atoms with E-state index < -0.39 is 5.79 Å². The Kier molecular flexibility index (Phi) is 7.90. The van der Waals surface area contributed by atoms with Crippen molar-refractivity contribution in [3.05, 3.63) is 49.9 Å². The SMILES string of the molecule is CSc1cc(C)[nH]c(=O)c1CNC(=O)c1cc(Cl)c2c(c1C)OC(C)(C1CCC(NC(=O)C3COC3)CC1)O2. The van der Waals surface area contributed by atoms with Gasteiger partial charge in [-0.05, 0) is 57.9 Å². The van der Waals surface area contributed by atoms with Crippen LogP contribution in [-0.4, -0.2) is 48.1 Å². The average Bonchev–Trinajstić information content (AvgIpc) is 3.24. The Balaban J connectivity index is 1.26. The summed E-state index contributed by atoms with van der Waals surface area (Å²) < 4.78 is 17.8. The number of rotatable bonds is 7. The van der Waals surface area contributed by atoms with Crippen molar-refractivity contribution in [2.75, 3.05) is 19.5 Å². The number of H-pyrrole nitrogens is 1. The van der Waals surface area contributed by atoms with Crippen molar-refractivity contribution in [2.45, 2.75) is 69.7 Å². The highest BCUT2D eigenvalue weighted by molar-refractivity contribution is 7.98. The highest BCUT2D eigenvalue weighted by Gasteiger charge is 2.47. The Hall–Kier alpha value is -2.69. The predicted molar refractivity (Wildman–Crippen MR) is 149 cm³/mol. The maximum absolute atomic E-state index is 13.2. The largest absolute Gasteiger partial charge is 0.448 e. The number of pyridine rings is 1. The molecule has 3 aliphatic rings. The van der Waals surface area contributed by atoms with Gasteiger partial charge >= 0.3 is 0 Å². The third kappa shape index (κ3) is 5.51. The molecule has 3 N–H and O–H groups in total. The fourth-order valence-electron chi connectivity index (χ4n) is 5.52. The number of carbonyl (C=O) groups is 2. The lowest BCUT2D eigenvalue weighted by atomic mass is 9.81. The Morgan fingerprint density at radius 2 is 1.82 bits per heavy atom. The average molecular weight is 576 g/mol. The van der Waals surface area contributed by atoms with E-state index in [4.69, 9.17) is 25.8 Å². The normalized spacial score (nSPS) is 24.2. The summed E-state index contributed by atoms with van der Waals surface area (Å²) in [5.41, 5.74) is 2.05. The van der Waals surface area contributed by atoms with E-state index in [-0.39, 0.29) is 41.8 Å². The van der Waals surface area contributed by atoms with Crippen LogP contribution in [0.2, 0.25) is 5.02 Å². The molecule has 2 fully saturated rings. The van der Waals surface area contributed by atoms with E-state index in [2.05, 4.69) is 15.6 Å². The van der Waals surface area contributed by atoms with Crippen molar-refractivity contribution in [3.8, 4) is 11.5 Å². The number of hydrogen-bond acceptors (Lipinski definition) is 7. The third-order valence-electron chi connectivity index (χ3n) is 7.99. The molecule has 0 radical (unpaired) electrons. The number of halogens is 1. The molecule has 2 amide bonds. The summed E-state index contributed by atoms with van der Waals surface area (Å²) in [7, 11) is 0. The van der Waals surface area contributed by atoms with Crippen LogP contribution in [0.15, 0.2) is 21.8 Å². The fourth-order valence-corrected chi connectivity index (χ4v) is 6.46. The van der Waals surface area contributed by atoms with Crippen LogP contribution >= 0.6 is 23.4 Å². The van der Waals surface area contributed by atoms with Crippen LogP contribution in [0.3, 0.4) is 0 Å². The monoisotopic (exact) mass is 575 g/mol. The number of benzene rings is 1. The van der Waals surface area contributed by atoms with Crippen LogP contribution in [0.5, 0.6) is 11.5 Å². The van der Waals surface area contributed by atoms with Gasteiger partial charge in [0.05, 0.1) is 24.2 Å². The van der Waals surface area contributed by atoms with Gasteiger partial charge in [-0.1, -0.05) is 11.6 Å². The Labute approximate surface area is 236 Å². The number of hydrogen-bond donors (Lipinski definition) is 3. The van der Waals surface area contributed by atoms with E-state index in [1.807, 2.05) is 33.1 Å². The van der Waals surface area contributed by atoms with E-state index in [1.54, 1.807) is 6.07 Å². The molecule has 210 valence electrons. The molecule has 1 aliphatic carbocycles. The molecule has 2 aromatic rings. The van der Waals surface area contributed by atoms with Gasteiger partial charge in [-0.2, -0.15) is 0 Å². The third-order valence-corrected chi connectivity index (χ3v) is 9.08. The van der Waals surface area contributed by atoms with Gasteiger partial charge in [0.25, 0.3) is 17.3 Å². The molecule has 39 heavy (non-hydrogen) atoms. The summed E-state index contributed by atoms with van der Waals surface area (Å²) >= 11 is 8.05. The molecule has 9 nitrogen and oxygen atoms in total. The fraction of sp³-hybridized carbons (Fsp3) is 0.536. The molecule has 3 heterocycles. The summed E-state index contributed by atoms with van der Waals surface area (Å²) in [6.07, 6.45) is 5.21. The van der Waals surface area contributed by atoms with Gasteiger partial charge in [0.15, 0.2) is 11.5 Å². The number of aromatic nitrogens is 1. The molecule has 1 saturated heterocycles. The summed E-state index contributed by atoms with van der Waals surface area (Å²) in [6, 6.07) is 3.61. The zero-order chi connectivity index (χ0) is 27.9. The lowest BCUT2D eigenvalue weighted by molar-refractivity contribution is -0.141. The second kappa shape index (κ2) is 11.1. The number of aromatic amines is 1. The minimum atomic E-state index is -0.926. The van der Waals surface area contributed by atoms with Crippen LogP contribution in [-0.2, 0) is 16.1 Å². The van der Waals surface area contributed by atoms with Crippen molar-refractivity contribution >= 4 is 35.2 Å². The first-order valence-corrected chi connectivity index (χ1v) is 14.8. The molecule has 11 heteroatoms. The number of carbonyl (C=O) groups excluding carboxylic acids is 2. The molecule has 0 bridgehead atoms. The van der Waals surface area contributed by atoms with Gasteiger partial charge in [0, 0.05) is 52.7 Å². The molecule has 1 saturated carbocycles. The Bertz CT molecular complexity index is 1350. The quantitative estimate of drug-likeness (QED) is 0.425. The van der Waals surface area contributed by atoms with Crippen molar-refractivity contribution < 1.29 is 23.8 Å². The van der Waals surface area contributed by atoms with E-state index in [0.717, 1.165) is 36.3 Å². The summed E-state index contributed by atoms with van der Waals surface area (Å²) in [5, 5.41) is 6.31. The van der Waals surface area contributed by atoms with Gasteiger partial charge in [0.2, 0.25) is 5.91 Å². The molecule has 2 aliphatic heterocycles. The maximum atomic E-state index is 13.2. The minimum absolute atomic E-state index is 0.0297. The van der Waals surface area contributed by atoms with Crippen LogP contribution in [0.25, 0.3) is 0 Å². The van der Waals surface area contributed by atoms with Crippen molar-refractivity contribution in [3.63, 3.8) is 0 Å². The standard InChI is InChI=1S/C28H34ClN3O6S/c1-14-9-22(39-4)20(27(35)31-14)11-30-26(34)19-10-21(29)24-23(15(19)2)37-28(3,38-24)17-5-7-18(8-6-17)32-25(33)16-12-36-13-16/h9-10,16-18H,5-8,11-13H2,1-4H3,(H,30,34)(H,31,35)(H,32,33). The van der Waals surface area contributed by atoms with Gasteiger partial charge in [-0.25, -0.2) is 0 Å². The number of aryl methyl sites for hydroxylation is 1. The number of nitrogens with one attached hydrogen (secondary N) is 3. The highest BCUT2D eigenvalue weighted by Crippen LogP contribution is 2.51. The van der Waals surface area contributed by atoms with E-state index >= 15 is 0 Å². The van der Waals surface area contributed by atoms with Crippen LogP contribution in [0.1, 0.15) is 59.8 Å². The van der Waals surface area contributed by atoms with Gasteiger partial charge < -0.3 is 29.8 Å². The topological polar surface area (TPSA) is 119 Å². The molecule has 0 spiro atoms. The van der Waals surface area contributed by atoms with Gasteiger partial charge in [-0.15, -0.1) is 11.8 Å². The van der Waals surface area contributed by atoms with Crippen LogP contribution in [0.4, 0.5) is 0 Å². The number of ether oxygens (including phenoxy) is 3. The van der Waals surface area contributed by atoms with Crippen molar-refractivity contribution in [1.29, 1.82) is 0 Å². The summed E-state index contributed by atoms with van der Waals surface area (Å²) in [4.78, 5) is 41.6. The van der Waals surface area contributed by atoms with Gasteiger partial charge in [-0.3, -0.25) is 14.4 Å². The Morgan fingerprint density at radius 3 is 2.46 bits per heavy atom. The van der Waals surface area contributed by atoms with Crippen molar-refractivity contribution in [1.82, 2.24) is 15.6 Å². The second-order valence-corrected chi connectivity index (χ2v) is 12.0. The highest BCUT2D eigenvalue weighted by atomic mass is 35.5. The first kappa shape index (κ1) is 27.9. The first-order chi connectivity index (χ1) is 18.6. The second-order valence-electron chi connectivity index (χ2n) is 10.7. The Morgan fingerprint density at radius 1 is 1.13 bits per heavy atom. The zero-order valence-electron chi connectivity index (χ0n) is 22.6. The summed E-state index contributed by atoms with van der Waals surface area (Å²) in [5.74, 6) is -0.239. The van der Waals surface area contributed by atoms with Crippen LogP contribution in [0, 0.1) is 25.7 Å². The first-order valence-electron chi connectivity index (χ1n) is 13.2. The molecule has 1 unspecified atom stereocenters. The number of thioether (sulfide) groups is 1. The van der Waals surface area contributed by atoms with Gasteiger partial charge in [0.1, 0.15) is 0 Å². The molecule has 1 aromatic heterocycles. The van der Waals surface area contributed by atoms with E-state index in [1.165, 1.54) is 11.8 Å². The number of fused-ring (bicyclic) bond motifs is 1. The van der Waals surface area contributed by atoms with E-state index in [9.17, 15) is 14.4 Å². The molecule has 5 rings (SSSR count). The van der Waals surface area contributed by atoms with Crippen molar-refractivity contribution in [2.24, 2.45) is 11.8 Å². The minimum Gasteiger partial charge on any atom is -0.448 e. The lowest BCUT2D eigenvalue weighted by Gasteiger charge is -2.38. The maximum Gasteiger partial charge on any atom is 0.254 e. The predicted octanol–water partition coefficient (Wildman–Crippen LogP) is 4.11. The number of amides is 2. The molecular weight excluding hydrogens is 542 g/mol. The smallest absolute Gasteiger partial charge is 0.254 e. The zero-order valence-corrected chi connectivity index (χ0v) is 24.1. The molecule has 1 atom stereocenters. The summed E-state index contributed by atoms with van der Waals surface area (Å²) in [6.45, 7) is 6.63. The molecular formula is C28H34ClN3O6S. The van der Waals surface area contributed by atoms with Crippen LogP contribution < -0.4 is 25.7 Å². The van der Waals surface area contributed by atoms with E-state index in [0.29, 0.717) is 46.4 Å².